The molecule has 1 aliphatic rings. The van der Waals surface area contributed by atoms with E-state index in [1.165, 1.54) is 35.7 Å². The molecule has 19 heavy (non-hydrogen) atoms. The molecular weight excluding hydrogens is 269 g/mol. The Morgan fingerprint density at radius 3 is 2.89 bits per heavy atom. The van der Waals surface area contributed by atoms with E-state index in [9.17, 15) is 14.0 Å². The topological polar surface area (TPSA) is 46.6 Å². The van der Waals surface area contributed by atoms with Gasteiger partial charge in [-0.05, 0) is 6.42 Å². The van der Waals surface area contributed by atoms with Gasteiger partial charge in [-0.3, -0.25) is 4.79 Å². The minimum absolute atomic E-state index is 0.0135. The van der Waals surface area contributed by atoms with Gasteiger partial charge in [0.15, 0.2) is 5.12 Å². The number of rotatable bonds is 5. The van der Waals surface area contributed by atoms with Gasteiger partial charge in [0.2, 0.25) is 0 Å². The summed E-state index contributed by atoms with van der Waals surface area (Å²) < 4.78 is 17.2. The van der Waals surface area contributed by atoms with Crippen molar-refractivity contribution >= 4 is 23.0 Å². The van der Waals surface area contributed by atoms with Crippen molar-refractivity contribution in [3.8, 4) is 0 Å². The molecule has 0 spiro atoms. The average molecular weight is 287 g/mol. The molecule has 0 bridgehead atoms. The molecule has 0 aromatic carbocycles. The molecular formula is C13H18FNO3S. The maximum absolute atomic E-state index is 12.2. The third-order valence-corrected chi connectivity index (χ3v) is 3.65. The fourth-order valence-corrected chi connectivity index (χ4v) is 2.96. The van der Waals surface area contributed by atoms with E-state index in [1.807, 2.05) is 0 Å². The molecule has 2 atom stereocenters. The Morgan fingerprint density at radius 1 is 1.58 bits per heavy atom. The Morgan fingerprint density at radius 2 is 2.32 bits per heavy atom. The lowest BCUT2D eigenvalue weighted by atomic mass is 10.2. The monoisotopic (exact) mass is 287 g/mol. The lowest BCUT2D eigenvalue weighted by Gasteiger charge is -2.21. The third kappa shape index (κ3) is 5.06. The van der Waals surface area contributed by atoms with Crippen LogP contribution in [0.15, 0.2) is 24.8 Å². The quantitative estimate of drug-likeness (QED) is 0.729. The first-order chi connectivity index (χ1) is 9.08. The lowest BCUT2D eigenvalue weighted by Crippen LogP contribution is -2.35. The largest absolute Gasteiger partial charge is 0.445 e. The number of nitrogens with zero attached hydrogens (tertiary/aromatic N) is 1. The van der Waals surface area contributed by atoms with Crippen molar-refractivity contribution in [1.29, 1.82) is 0 Å². The van der Waals surface area contributed by atoms with Crippen LogP contribution in [0, 0.1) is 0 Å². The Kier molecular flexibility index (Phi) is 6.62. The number of carbonyl (C=O) groups excluding carboxylic acids is 2. The summed E-state index contributed by atoms with van der Waals surface area (Å²) in [6, 6.07) is -0.218. The standard InChI is InChI=1S/C13H18FNO3S/c1-3-7-18-13(17)15-9-12(19-10(2)16)8-11(15)5-4-6-14/h3-5,11-12H,1,6-9H2,2H3/t11-,12+/m1/s1. The van der Waals surface area contributed by atoms with Crippen LogP contribution >= 0.6 is 11.8 Å². The van der Waals surface area contributed by atoms with E-state index in [1.54, 1.807) is 6.08 Å². The number of thioether (sulfide) groups is 1. The summed E-state index contributed by atoms with van der Waals surface area (Å²) in [6.45, 7) is 4.97. The third-order valence-electron chi connectivity index (χ3n) is 2.64. The highest BCUT2D eigenvalue weighted by atomic mass is 32.2. The van der Waals surface area contributed by atoms with Crippen molar-refractivity contribution in [1.82, 2.24) is 4.90 Å². The van der Waals surface area contributed by atoms with Crippen LogP contribution < -0.4 is 0 Å². The van der Waals surface area contributed by atoms with Crippen molar-refractivity contribution in [3.05, 3.63) is 24.8 Å². The van der Waals surface area contributed by atoms with Crippen LogP contribution in [-0.4, -0.2) is 47.2 Å². The number of ether oxygens (including phenoxy) is 1. The number of alkyl halides is 1. The molecule has 1 fully saturated rings. The van der Waals surface area contributed by atoms with Gasteiger partial charge in [-0.15, -0.1) is 0 Å². The SMILES string of the molecule is C=CCOC(=O)N1C[C@@H](SC(C)=O)C[C@H]1C=CCF. The smallest absolute Gasteiger partial charge is 0.410 e. The molecule has 0 unspecified atom stereocenters. The molecule has 4 nitrogen and oxygen atoms in total. The zero-order valence-corrected chi connectivity index (χ0v) is 11.7. The number of hydrogen-bond donors (Lipinski definition) is 0. The zero-order valence-electron chi connectivity index (χ0n) is 10.9. The molecule has 0 N–H and O–H groups in total. The van der Waals surface area contributed by atoms with Gasteiger partial charge in [-0.1, -0.05) is 36.6 Å². The number of carbonyl (C=O) groups is 2. The molecule has 0 aliphatic carbocycles. The molecule has 0 aromatic heterocycles. The minimum atomic E-state index is -0.573. The summed E-state index contributed by atoms with van der Waals surface area (Å²) in [7, 11) is 0. The normalized spacial score (nSPS) is 22.7. The average Bonchev–Trinajstić information content (AvgIpc) is 2.75. The maximum Gasteiger partial charge on any atom is 0.410 e. The zero-order chi connectivity index (χ0) is 14.3. The van der Waals surface area contributed by atoms with Gasteiger partial charge in [-0.25, -0.2) is 9.18 Å². The summed E-state index contributed by atoms with van der Waals surface area (Å²) in [5, 5.41) is 0.0440. The second-order valence-corrected chi connectivity index (χ2v) is 5.61. The Hall–Kier alpha value is -1.30. The molecule has 0 aromatic rings. The van der Waals surface area contributed by atoms with Gasteiger partial charge in [0, 0.05) is 18.7 Å². The number of halogens is 1. The van der Waals surface area contributed by atoms with Gasteiger partial charge < -0.3 is 9.64 Å². The number of allylic oxidation sites excluding steroid dienone is 1. The first kappa shape index (κ1) is 15.8. The van der Waals surface area contributed by atoms with E-state index in [0.29, 0.717) is 13.0 Å². The summed E-state index contributed by atoms with van der Waals surface area (Å²) in [4.78, 5) is 24.5. The van der Waals surface area contributed by atoms with E-state index in [2.05, 4.69) is 6.58 Å². The van der Waals surface area contributed by atoms with Crippen molar-refractivity contribution < 1.29 is 18.7 Å². The molecule has 1 heterocycles. The van der Waals surface area contributed by atoms with E-state index < -0.39 is 12.8 Å². The van der Waals surface area contributed by atoms with E-state index in [0.717, 1.165) is 0 Å². The highest BCUT2D eigenvalue weighted by molar-refractivity contribution is 8.14. The molecule has 1 rings (SSSR count). The second-order valence-electron chi connectivity index (χ2n) is 4.13. The van der Waals surface area contributed by atoms with Crippen LogP contribution in [0.5, 0.6) is 0 Å². The number of hydrogen-bond acceptors (Lipinski definition) is 4. The predicted octanol–water partition coefficient (Wildman–Crippen LogP) is 2.56. The number of amides is 1. The van der Waals surface area contributed by atoms with E-state index >= 15 is 0 Å². The predicted molar refractivity (Wildman–Crippen MR) is 73.8 cm³/mol. The molecule has 1 aliphatic heterocycles. The minimum Gasteiger partial charge on any atom is -0.445 e. The van der Waals surface area contributed by atoms with Gasteiger partial charge in [0.1, 0.15) is 13.3 Å². The van der Waals surface area contributed by atoms with Crippen molar-refractivity contribution in [2.45, 2.75) is 24.6 Å². The molecule has 1 saturated heterocycles. The molecule has 6 heteroatoms. The second kappa shape index (κ2) is 7.99. The van der Waals surface area contributed by atoms with E-state index in [4.69, 9.17) is 4.74 Å². The Bertz CT molecular complexity index is 373. The summed E-state index contributed by atoms with van der Waals surface area (Å²) >= 11 is 1.21. The maximum atomic E-state index is 12.2. The first-order valence-corrected chi connectivity index (χ1v) is 6.90. The number of likely N-dealkylation sites (tertiary alicyclic amines) is 1. The fourth-order valence-electron chi connectivity index (χ4n) is 1.96. The van der Waals surface area contributed by atoms with Crippen LogP contribution in [0.2, 0.25) is 0 Å². The molecule has 106 valence electrons. The van der Waals surface area contributed by atoms with E-state index in [-0.39, 0.29) is 23.0 Å². The van der Waals surface area contributed by atoms with Crippen LogP contribution in [0.25, 0.3) is 0 Å². The van der Waals surface area contributed by atoms with Gasteiger partial charge in [0.25, 0.3) is 0 Å². The first-order valence-electron chi connectivity index (χ1n) is 6.02. The summed E-state index contributed by atoms with van der Waals surface area (Å²) in [5.74, 6) is 0. The van der Waals surface area contributed by atoms with Crippen LogP contribution in [-0.2, 0) is 9.53 Å². The highest BCUT2D eigenvalue weighted by Crippen LogP contribution is 2.29. The van der Waals surface area contributed by atoms with Gasteiger partial charge in [-0.2, -0.15) is 0 Å². The molecule has 1 amide bonds. The molecule has 0 radical (unpaired) electrons. The van der Waals surface area contributed by atoms with Gasteiger partial charge >= 0.3 is 6.09 Å². The van der Waals surface area contributed by atoms with Crippen molar-refractivity contribution in [3.63, 3.8) is 0 Å². The summed E-state index contributed by atoms with van der Waals surface area (Å²) in [6.07, 6.45) is 4.68. The Labute approximate surface area is 116 Å². The molecule has 0 saturated carbocycles. The van der Waals surface area contributed by atoms with Crippen LogP contribution in [0.3, 0.4) is 0 Å². The lowest BCUT2D eigenvalue weighted by molar-refractivity contribution is -0.109. The van der Waals surface area contributed by atoms with Gasteiger partial charge in [0.05, 0.1) is 6.04 Å². The fraction of sp³-hybridized carbons (Fsp3) is 0.538. The van der Waals surface area contributed by atoms with Crippen molar-refractivity contribution in [2.75, 3.05) is 19.8 Å². The Balaban J connectivity index is 2.67. The van der Waals surface area contributed by atoms with Crippen LogP contribution in [0.1, 0.15) is 13.3 Å². The summed E-state index contributed by atoms with van der Waals surface area (Å²) in [5.41, 5.74) is 0. The van der Waals surface area contributed by atoms with Crippen molar-refractivity contribution in [2.24, 2.45) is 0 Å². The highest BCUT2D eigenvalue weighted by Gasteiger charge is 2.35. The van der Waals surface area contributed by atoms with Crippen LogP contribution in [0.4, 0.5) is 9.18 Å².